The predicted octanol–water partition coefficient (Wildman–Crippen LogP) is 3.62. The summed E-state index contributed by atoms with van der Waals surface area (Å²) in [4.78, 5) is -0.168. The first-order valence-corrected chi connectivity index (χ1v) is 4.32. The largest absolute Gasteiger partial charge is 0.107 e. The molecule has 0 amide bonds. The average molecular weight is 169 g/mol. The lowest BCUT2D eigenvalue weighted by molar-refractivity contribution is 0.505. The SMILES string of the molecule is CCC(C)CCC(Cl)Cl. The first-order chi connectivity index (χ1) is 4.16. The first-order valence-electron chi connectivity index (χ1n) is 3.45. The Morgan fingerprint density at radius 3 is 2.11 bits per heavy atom. The normalized spacial score (nSPS) is 14.3. The van der Waals surface area contributed by atoms with Crippen molar-refractivity contribution in [1.82, 2.24) is 0 Å². The van der Waals surface area contributed by atoms with Gasteiger partial charge in [-0.05, 0) is 18.8 Å². The smallest absolute Gasteiger partial charge is 0.105 e. The van der Waals surface area contributed by atoms with Gasteiger partial charge < -0.3 is 0 Å². The van der Waals surface area contributed by atoms with Crippen LogP contribution in [0, 0.1) is 5.92 Å². The summed E-state index contributed by atoms with van der Waals surface area (Å²) in [7, 11) is 0. The fourth-order valence-electron chi connectivity index (χ4n) is 0.615. The number of halogens is 2. The van der Waals surface area contributed by atoms with Gasteiger partial charge in [0.15, 0.2) is 0 Å². The molecule has 0 aromatic rings. The zero-order valence-electron chi connectivity index (χ0n) is 6.03. The molecule has 0 saturated heterocycles. The van der Waals surface area contributed by atoms with E-state index in [4.69, 9.17) is 23.2 Å². The van der Waals surface area contributed by atoms with Crippen LogP contribution in [0.15, 0.2) is 0 Å². The fourth-order valence-corrected chi connectivity index (χ4v) is 0.867. The lowest BCUT2D eigenvalue weighted by Crippen LogP contribution is -1.95. The molecule has 0 spiro atoms. The maximum absolute atomic E-state index is 5.54. The van der Waals surface area contributed by atoms with Crippen LogP contribution >= 0.6 is 23.2 Å². The summed E-state index contributed by atoms with van der Waals surface area (Å²) in [5, 5.41) is 0. The highest BCUT2D eigenvalue weighted by atomic mass is 35.5. The summed E-state index contributed by atoms with van der Waals surface area (Å²) < 4.78 is 0. The third-order valence-electron chi connectivity index (χ3n) is 1.57. The van der Waals surface area contributed by atoms with Crippen LogP contribution in [0.3, 0.4) is 0 Å². The van der Waals surface area contributed by atoms with Crippen LogP contribution in [0.4, 0.5) is 0 Å². The molecule has 0 bridgehead atoms. The van der Waals surface area contributed by atoms with Gasteiger partial charge in [0, 0.05) is 0 Å². The van der Waals surface area contributed by atoms with Crippen molar-refractivity contribution in [3.8, 4) is 0 Å². The van der Waals surface area contributed by atoms with Gasteiger partial charge >= 0.3 is 0 Å². The maximum atomic E-state index is 5.54. The Kier molecular flexibility index (Phi) is 5.72. The quantitative estimate of drug-likeness (QED) is 0.564. The lowest BCUT2D eigenvalue weighted by atomic mass is 10.0. The molecule has 1 unspecified atom stereocenters. The van der Waals surface area contributed by atoms with Gasteiger partial charge in [0.2, 0.25) is 0 Å². The van der Waals surface area contributed by atoms with E-state index in [1.165, 1.54) is 6.42 Å². The minimum absolute atomic E-state index is 0.168. The topological polar surface area (TPSA) is 0 Å². The van der Waals surface area contributed by atoms with Gasteiger partial charge in [-0.1, -0.05) is 20.3 Å². The number of alkyl halides is 2. The molecule has 0 aliphatic rings. The Hall–Kier alpha value is 0.580. The minimum Gasteiger partial charge on any atom is -0.105 e. The van der Waals surface area contributed by atoms with Crippen molar-refractivity contribution in [3.63, 3.8) is 0 Å². The molecule has 0 fully saturated rings. The van der Waals surface area contributed by atoms with E-state index >= 15 is 0 Å². The maximum Gasteiger partial charge on any atom is 0.107 e. The summed E-state index contributed by atoms with van der Waals surface area (Å²) >= 11 is 11.1. The van der Waals surface area contributed by atoms with Gasteiger partial charge in [0.25, 0.3) is 0 Å². The molecule has 0 radical (unpaired) electrons. The Morgan fingerprint density at radius 2 is 1.78 bits per heavy atom. The van der Waals surface area contributed by atoms with Crippen LogP contribution in [0.5, 0.6) is 0 Å². The average Bonchev–Trinajstić information content (AvgIpc) is 1.83. The van der Waals surface area contributed by atoms with Crippen LogP contribution in [0.25, 0.3) is 0 Å². The van der Waals surface area contributed by atoms with Crippen molar-refractivity contribution in [2.45, 2.75) is 37.9 Å². The van der Waals surface area contributed by atoms with E-state index in [1.807, 2.05) is 0 Å². The number of rotatable bonds is 4. The standard InChI is InChI=1S/C7H14Cl2/c1-3-6(2)4-5-7(8)9/h6-7H,3-5H2,1-2H3. The van der Waals surface area contributed by atoms with Gasteiger partial charge in [-0.2, -0.15) is 0 Å². The highest BCUT2D eigenvalue weighted by Crippen LogP contribution is 2.16. The molecule has 9 heavy (non-hydrogen) atoms. The molecular formula is C7H14Cl2. The molecule has 0 aliphatic heterocycles. The third-order valence-corrected chi connectivity index (χ3v) is 2.01. The summed E-state index contributed by atoms with van der Waals surface area (Å²) in [6.45, 7) is 4.40. The van der Waals surface area contributed by atoms with Gasteiger partial charge in [-0.15, -0.1) is 23.2 Å². The van der Waals surface area contributed by atoms with Crippen LogP contribution in [0.1, 0.15) is 33.1 Å². The van der Waals surface area contributed by atoms with Crippen molar-refractivity contribution < 1.29 is 0 Å². The van der Waals surface area contributed by atoms with Crippen molar-refractivity contribution in [2.75, 3.05) is 0 Å². The zero-order chi connectivity index (χ0) is 7.28. The number of hydrogen-bond donors (Lipinski definition) is 0. The molecular weight excluding hydrogens is 155 g/mol. The third kappa shape index (κ3) is 6.47. The minimum atomic E-state index is -0.168. The second-order valence-electron chi connectivity index (χ2n) is 2.48. The molecule has 0 heterocycles. The van der Waals surface area contributed by atoms with E-state index in [1.54, 1.807) is 0 Å². The molecule has 0 aromatic carbocycles. The van der Waals surface area contributed by atoms with E-state index < -0.39 is 0 Å². The molecule has 1 atom stereocenters. The van der Waals surface area contributed by atoms with Crippen molar-refractivity contribution >= 4 is 23.2 Å². The Labute approximate surface area is 67.5 Å². The molecule has 0 saturated carbocycles. The van der Waals surface area contributed by atoms with Crippen LogP contribution < -0.4 is 0 Å². The lowest BCUT2D eigenvalue weighted by Gasteiger charge is -2.06. The summed E-state index contributed by atoms with van der Waals surface area (Å²) in [5.41, 5.74) is 0. The van der Waals surface area contributed by atoms with Crippen LogP contribution in [-0.4, -0.2) is 4.84 Å². The van der Waals surface area contributed by atoms with E-state index in [0.717, 1.165) is 18.8 Å². The van der Waals surface area contributed by atoms with Crippen molar-refractivity contribution in [3.05, 3.63) is 0 Å². The van der Waals surface area contributed by atoms with Gasteiger partial charge in [0.1, 0.15) is 4.84 Å². The zero-order valence-corrected chi connectivity index (χ0v) is 7.54. The van der Waals surface area contributed by atoms with Crippen LogP contribution in [-0.2, 0) is 0 Å². The Balaban J connectivity index is 3.06. The second-order valence-corrected chi connectivity index (χ2v) is 3.76. The van der Waals surface area contributed by atoms with Gasteiger partial charge in [-0.3, -0.25) is 0 Å². The highest BCUT2D eigenvalue weighted by Gasteiger charge is 2.02. The molecule has 56 valence electrons. The molecule has 0 aliphatic carbocycles. The molecule has 0 aromatic heterocycles. The number of hydrogen-bond acceptors (Lipinski definition) is 0. The van der Waals surface area contributed by atoms with Gasteiger partial charge in [-0.25, -0.2) is 0 Å². The first kappa shape index (κ1) is 9.58. The second kappa shape index (κ2) is 5.37. The summed E-state index contributed by atoms with van der Waals surface area (Å²) in [5.74, 6) is 0.769. The predicted molar refractivity (Wildman–Crippen MR) is 44.2 cm³/mol. The van der Waals surface area contributed by atoms with Crippen LogP contribution in [0.2, 0.25) is 0 Å². The molecule has 2 heteroatoms. The summed E-state index contributed by atoms with van der Waals surface area (Å²) in [6, 6.07) is 0. The van der Waals surface area contributed by atoms with E-state index in [2.05, 4.69) is 13.8 Å². The molecule has 0 nitrogen and oxygen atoms in total. The Morgan fingerprint density at radius 1 is 1.22 bits per heavy atom. The van der Waals surface area contributed by atoms with E-state index in [9.17, 15) is 0 Å². The van der Waals surface area contributed by atoms with Crippen molar-refractivity contribution in [1.29, 1.82) is 0 Å². The monoisotopic (exact) mass is 168 g/mol. The Bertz CT molecular complexity index is 61.9. The molecule has 0 rings (SSSR count). The van der Waals surface area contributed by atoms with Gasteiger partial charge in [0.05, 0.1) is 0 Å². The summed E-state index contributed by atoms with van der Waals surface area (Å²) in [6.07, 6.45) is 3.30. The molecule has 0 N–H and O–H groups in total. The van der Waals surface area contributed by atoms with E-state index in [0.29, 0.717) is 0 Å². The highest BCUT2D eigenvalue weighted by molar-refractivity contribution is 6.44. The van der Waals surface area contributed by atoms with E-state index in [-0.39, 0.29) is 4.84 Å². The fraction of sp³-hybridized carbons (Fsp3) is 1.00. The van der Waals surface area contributed by atoms with Crippen molar-refractivity contribution in [2.24, 2.45) is 5.92 Å².